The predicted molar refractivity (Wildman–Crippen MR) is 85.1 cm³/mol. The van der Waals surface area contributed by atoms with Crippen LogP contribution in [0.25, 0.3) is 0 Å². The molecule has 0 spiro atoms. The molecule has 2 heterocycles. The third kappa shape index (κ3) is 2.14. The Kier molecular flexibility index (Phi) is 3.32. The van der Waals surface area contributed by atoms with E-state index in [0.717, 1.165) is 26.0 Å². The normalized spacial score (nSPS) is 17.7. The molecule has 1 aliphatic rings. The molecule has 2 nitrogen and oxygen atoms in total. The van der Waals surface area contributed by atoms with Gasteiger partial charge in [-0.1, -0.05) is 23.7 Å². The fourth-order valence-electron chi connectivity index (χ4n) is 2.38. The highest BCUT2D eigenvalue weighted by Gasteiger charge is 2.38. The molecule has 0 saturated carbocycles. The number of hydrogen-bond donors (Lipinski definition) is 1. The molecule has 1 unspecified atom stereocenters. The van der Waals surface area contributed by atoms with Gasteiger partial charge in [-0.25, -0.2) is 0 Å². The second-order valence-corrected chi connectivity index (χ2v) is 7.57. The summed E-state index contributed by atoms with van der Waals surface area (Å²) in [7, 11) is 0. The van der Waals surface area contributed by atoms with Gasteiger partial charge in [0.25, 0.3) is 0 Å². The van der Waals surface area contributed by atoms with Crippen LogP contribution in [0.5, 0.6) is 0 Å². The molecule has 1 aliphatic heterocycles. The zero-order valence-corrected chi connectivity index (χ0v) is 13.4. The summed E-state index contributed by atoms with van der Waals surface area (Å²) in [5, 5.41) is 2.65. The van der Waals surface area contributed by atoms with Gasteiger partial charge in [0.05, 0.1) is 15.1 Å². The number of thiophene rings is 1. The second kappa shape index (κ2) is 4.76. The minimum atomic E-state index is -0.519. The van der Waals surface area contributed by atoms with Gasteiger partial charge in [0.15, 0.2) is 0 Å². The Morgan fingerprint density at radius 3 is 2.65 bits per heavy atom. The van der Waals surface area contributed by atoms with Gasteiger partial charge in [0.1, 0.15) is 0 Å². The number of alkyl halides is 1. The quantitative estimate of drug-likeness (QED) is 0.777. The zero-order valence-electron chi connectivity index (χ0n) is 11.0. The van der Waals surface area contributed by atoms with E-state index in [9.17, 15) is 4.79 Å². The molecule has 5 heteroatoms. The van der Waals surface area contributed by atoms with Crippen LogP contribution in [0.4, 0.5) is 5.69 Å². The van der Waals surface area contributed by atoms with Crippen molar-refractivity contribution in [3.8, 4) is 0 Å². The largest absolute Gasteiger partial charge is 0.325 e. The summed E-state index contributed by atoms with van der Waals surface area (Å²) in [6.07, 6.45) is 0. The van der Waals surface area contributed by atoms with Crippen LogP contribution in [0.2, 0.25) is 4.34 Å². The van der Waals surface area contributed by atoms with Crippen LogP contribution in [0.3, 0.4) is 0 Å². The lowest BCUT2D eigenvalue weighted by Gasteiger charge is -2.17. The Hall–Kier alpha value is -1.03. The van der Waals surface area contributed by atoms with E-state index in [1.165, 1.54) is 11.3 Å². The first-order valence-corrected chi connectivity index (χ1v) is 7.88. The summed E-state index contributed by atoms with van der Waals surface area (Å²) in [5.74, 6) is 0.0231. The van der Waals surface area contributed by atoms with E-state index < -0.39 is 5.41 Å². The van der Waals surface area contributed by atoms with Crippen molar-refractivity contribution >= 4 is 46.1 Å². The van der Waals surface area contributed by atoms with E-state index in [-0.39, 0.29) is 11.3 Å². The van der Waals surface area contributed by atoms with Crippen molar-refractivity contribution in [2.75, 3.05) is 5.32 Å². The van der Waals surface area contributed by atoms with Crippen molar-refractivity contribution in [1.29, 1.82) is 0 Å². The minimum Gasteiger partial charge on any atom is -0.325 e. The summed E-state index contributed by atoms with van der Waals surface area (Å²) < 4.78 is 0.726. The zero-order chi connectivity index (χ0) is 14.5. The number of fused-ring (bicyclic) bond motifs is 1. The first-order chi connectivity index (χ1) is 9.39. The number of benzene rings is 1. The van der Waals surface area contributed by atoms with Crippen molar-refractivity contribution in [3.05, 3.63) is 50.7 Å². The van der Waals surface area contributed by atoms with Gasteiger partial charge in [0, 0.05) is 10.6 Å². The summed E-state index contributed by atoms with van der Waals surface area (Å²) in [4.78, 5) is 13.0. The molecular weight excluding hydrogens is 313 g/mol. The Morgan fingerprint density at radius 1 is 1.25 bits per heavy atom. The molecule has 1 atom stereocenters. The van der Waals surface area contributed by atoms with E-state index in [1.807, 2.05) is 44.2 Å². The van der Waals surface area contributed by atoms with Gasteiger partial charge >= 0.3 is 0 Å². The standard InChI is InChI=1S/C15H13Cl2NOS/c1-15(2)9-7-8(3-4-10(9)18-14(15)19)13(17)11-5-6-12(16)20-11/h3-7,13H,1-2H3,(H,18,19). The van der Waals surface area contributed by atoms with E-state index in [4.69, 9.17) is 23.2 Å². The van der Waals surface area contributed by atoms with Crippen molar-refractivity contribution in [1.82, 2.24) is 0 Å². The number of hydrogen-bond acceptors (Lipinski definition) is 2. The molecule has 0 saturated heterocycles. The Bertz CT molecular complexity index is 693. The van der Waals surface area contributed by atoms with Crippen LogP contribution in [0, 0.1) is 0 Å². The number of anilines is 1. The van der Waals surface area contributed by atoms with Gasteiger partial charge in [-0.3, -0.25) is 4.79 Å². The van der Waals surface area contributed by atoms with Crippen LogP contribution in [0.1, 0.15) is 35.2 Å². The van der Waals surface area contributed by atoms with Crippen LogP contribution < -0.4 is 5.32 Å². The maximum atomic E-state index is 11.9. The second-order valence-electron chi connectivity index (χ2n) is 5.39. The maximum Gasteiger partial charge on any atom is 0.234 e. The monoisotopic (exact) mass is 325 g/mol. The predicted octanol–water partition coefficient (Wildman–Crippen LogP) is 4.96. The van der Waals surface area contributed by atoms with Crippen LogP contribution in [0.15, 0.2) is 30.3 Å². The lowest BCUT2D eigenvalue weighted by Crippen LogP contribution is -2.26. The smallest absolute Gasteiger partial charge is 0.234 e. The number of halogens is 2. The molecule has 0 fully saturated rings. The lowest BCUT2D eigenvalue weighted by molar-refractivity contribution is -0.119. The molecule has 20 heavy (non-hydrogen) atoms. The highest BCUT2D eigenvalue weighted by atomic mass is 35.5. The molecule has 1 aromatic heterocycles. The van der Waals surface area contributed by atoms with Gasteiger partial charge in [-0.15, -0.1) is 22.9 Å². The van der Waals surface area contributed by atoms with E-state index >= 15 is 0 Å². The van der Waals surface area contributed by atoms with Gasteiger partial charge in [0.2, 0.25) is 5.91 Å². The van der Waals surface area contributed by atoms with Crippen LogP contribution in [-0.2, 0) is 10.2 Å². The molecule has 104 valence electrons. The first-order valence-electron chi connectivity index (χ1n) is 6.25. The van der Waals surface area contributed by atoms with Gasteiger partial charge < -0.3 is 5.32 Å². The summed E-state index contributed by atoms with van der Waals surface area (Å²) in [5.41, 5.74) is 2.33. The third-order valence-corrected chi connectivity index (χ3v) is 5.58. The van der Waals surface area contributed by atoms with Gasteiger partial charge in [-0.05, 0) is 43.2 Å². The number of rotatable bonds is 2. The highest BCUT2D eigenvalue weighted by Crippen LogP contribution is 2.41. The van der Waals surface area contributed by atoms with Gasteiger partial charge in [-0.2, -0.15) is 0 Å². The molecule has 1 aromatic carbocycles. The number of carbonyl (C=O) groups is 1. The molecule has 1 N–H and O–H groups in total. The molecule has 0 radical (unpaired) electrons. The Labute approximate surface area is 131 Å². The maximum absolute atomic E-state index is 11.9. The number of amides is 1. The molecule has 0 bridgehead atoms. The summed E-state index contributed by atoms with van der Waals surface area (Å²) in [6, 6.07) is 9.66. The Balaban J connectivity index is 2.02. The molecule has 3 rings (SSSR count). The summed E-state index contributed by atoms with van der Waals surface area (Å²) >= 11 is 14.0. The number of carbonyl (C=O) groups excluding carboxylic acids is 1. The number of nitrogens with one attached hydrogen (secondary N) is 1. The topological polar surface area (TPSA) is 29.1 Å². The minimum absolute atomic E-state index is 0.0231. The van der Waals surface area contributed by atoms with Crippen LogP contribution >= 0.6 is 34.5 Å². The van der Waals surface area contributed by atoms with Crippen molar-refractivity contribution < 1.29 is 4.79 Å². The fourth-order valence-corrected chi connectivity index (χ4v) is 3.78. The fraction of sp³-hybridized carbons (Fsp3) is 0.267. The molecule has 2 aromatic rings. The molecule has 0 aliphatic carbocycles. The van der Waals surface area contributed by atoms with E-state index in [1.54, 1.807) is 0 Å². The highest BCUT2D eigenvalue weighted by molar-refractivity contribution is 7.16. The third-order valence-electron chi connectivity index (χ3n) is 3.67. The molecule has 1 amide bonds. The molecular formula is C15H13Cl2NOS. The van der Waals surface area contributed by atoms with E-state index in [0.29, 0.717) is 0 Å². The average Bonchev–Trinajstić information content (AvgIpc) is 2.92. The SMILES string of the molecule is CC1(C)C(=O)Nc2ccc(C(Cl)c3ccc(Cl)s3)cc21. The first kappa shape index (κ1) is 13.9. The lowest BCUT2D eigenvalue weighted by atomic mass is 9.85. The summed E-state index contributed by atoms with van der Waals surface area (Å²) in [6.45, 7) is 3.84. The van der Waals surface area contributed by atoms with Crippen molar-refractivity contribution in [2.24, 2.45) is 0 Å². The Morgan fingerprint density at radius 2 is 2.00 bits per heavy atom. The average molecular weight is 326 g/mol. The van der Waals surface area contributed by atoms with Crippen molar-refractivity contribution in [2.45, 2.75) is 24.6 Å². The van der Waals surface area contributed by atoms with E-state index in [2.05, 4.69) is 5.32 Å². The van der Waals surface area contributed by atoms with Crippen molar-refractivity contribution in [3.63, 3.8) is 0 Å². The van der Waals surface area contributed by atoms with Crippen LogP contribution in [-0.4, -0.2) is 5.91 Å².